The lowest BCUT2D eigenvalue weighted by molar-refractivity contribution is 0.218. The molecule has 0 aliphatic heterocycles. The molecule has 1 atom stereocenters. The predicted molar refractivity (Wildman–Crippen MR) is 58.7 cm³/mol. The summed E-state index contributed by atoms with van der Waals surface area (Å²) in [6.07, 6.45) is 2.55. The second kappa shape index (κ2) is 3.91. The SMILES string of the molecule is Cc1ccc([C@H](O)c2ccoc2)c(C)c1. The van der Waals surface area contributed by atoms with Gasteiger partial charge in [0.2, 0.25) is 0 Å². The number of hydrogen-bond donors (Lipinski definition) is 1. The smallest absolute Gasteiger partial charge is 0.107 e. The Balaban J connectivity index is 2.38. The van der Waals surface area contributed by atoms with Crippen LogP contribution >= 0.6 is 0 Å². The second-order valence-electron chi connectivity index (χ2n) is 3.82. The molecule has 0 spiro atoms. The molecule has 2 rings (SSSR count). The average Bonchev–Trinajstić information content (AvgIpc) is 2.69. The van der Waals surface area contributed by atoms with Gasteiger partial charge in [0.1, 0.15) is 6.10 Å². The maximum atomic E-state index is 10.1. The third kappa shape index (κ3) is 1.95. The molecule has 1 aromatic heterocycles. The first-order valence-corrected chi connectivity index (χ1v) is 4.96. The fourth-order valence-corrected chi connectivity index (χ4v) is 1.74. The van der Waals surface area contributed by atoms with Crippen LogP contribution in [0.5, 0.6) is 0 Å². The van der Waals surface area contributed by atoms with E-state index in [1.807, 2.05) is 26.0 Å². The fraction of sp³-hybridized carbons (Fsp3) is 0.231. The average molecular weight is 202 g/mol. The highest BCUT2D eigenvalue weighted by Crippen LogP contribution is 2.25. The van der Waals surface area contributed by atoms with Crippen molar-refractivity contribution < 1.29 is 9.52 Å². The van der Waals surface area contributed by atoms with E-state index in [0.29, 0.717) is 0 Å². The van der Waals surface area contributed by atoms with Crippen molar-refractivity contribution in [1.82, 2.24) is 0 Å². The Kier molecular flexibility index (Phi) is 2.60. The molecule has 2 heteroatoms. The first-order valence-electron chi connectivity index (χ1n) is 4.96. The summed E-state index contributed by atoms with van der Waals surface area (Å²) in [6.45, 7) is 4.05. The molecular weight excluding hydrogens is 188 g/mol. The molecule has 0 aliphatic rings. The molecule has 1 heterocycles. The molecule has 0 saturated heterocycles. The quantitative estimate of drug-likeness (QED) is 0.812. The Labute approximate surface area is 89.2 Å². The van der Waals surface area contributed by atoms with Crippen molar-refractivity contribution in [1.29, 1.82) is 0 Å². The van der Waals surface area contributed by atoms with Crippen molar-refractivity contribution in [2.75, 3.05) is 0 Å². The zero-order chi connectivity index (χ0) is 10.8. The summed E-state index contributed by atoms with van der Waals surface area (Å²) >= 11 is 0. The molecule has 1 aromatic carbocycles. The number of furan rings is 1. The zero-order valence-electron chi connectivity index (χ0n) is 8.90. The van der Waals surface area contributed by atoms with Crippen LogP contribution in [0.15, 0.2) is 41.2 Å². The number of aliphatic hydroxyl groups is 1. The normalized spacial score (nSPS) is 12.7. The van der Waals surface area contributed by atoms with Gasteiger partial charge in [0, 0.05) is 5.56 Å². The third-order valence-electron chi connectivity index (χ3n) is 2.58. The molecule has 0 bridgehead atoms. The highest BCUT2D eigenvalue weighted by molar-refractivity contribution is 5.36. The van der Waals surface area contributed by atoms with Gasteiger partial charge in [-0.1, -0.05) is 23.8 Å². The van der Waals surface area contributed by atoms with E-state index in [-0.39, 0.29) is 0 Å². The van der Waals surface area contributed by atoms with Crippen molar-refractivity contribution in [3.8, 4) is 0 Å². The van der Waals surface area contributed by atoms with Crippen molar-refractivity contribution in [2.45, 2.75) is 20.0 Å². The van der Waals surface area contributed by atoms with Crippen LogP contribution in [0.4, 0.5) is 0 Å². The summed E-state index contributed by atoms with van der Waals surface area (Å²) in [5.74, 6) is 0. The molecule has 0 unspecified atom stereocenters. The van der Waals surface area contributed by atoms with Crippen molar-refractivity contribution in [3.63, 3.8) is 0 Å². The lowest BCUT2D eigenvalue weighted by Crippen LogP contribution is -2.00. The summed E-state index contributed by atoms with van der Waals surface area (Å²) in [6, 6.07) is 7.82. The number of aryl methyl sites for hydroxylation is 2. The minimum Gasteiger partial charge on any atom is -0.472 e. The minimum atomic E-state index is -0.593. The van der Waals surface area contributed by atoms with Gasteiger partial charge in [0.05, 0.1) is 12.5 Å². The highest BCUT2D eigenvalue weighted by atomic mass is 16.3. The first-order chi connectivity index (χ1) is 7.18. The summed E-state index contributed by atoms with van der Waals surface area (Å²) < 4.78 is 4.96. The molecule has 0 aliphatic carbocycles. The van der Waals surface area contributed by atoms with Gasteiger partial charge < -0.3 is 9.52 Å². The monoisotopic (exact) mass is 202 g/mol. The van der Waals surface area contributed by atoms with Crippen LogP contribution in [0.1, 0.15) is 28.4 Å². The molecule has 0 amide bonds. The molecular formula is C13H14O2. The summed E-state index contributed by atoms with van der Waals surface area (Å²) in [4.78, 5) is 0. The Morgan fingerprint density at radius 3 is 2.60 bits per heavy atom. The van der Waals surface area contributed by atoms with Crippen LogP contribution in [-0.2, 0) is 0 Å². The van der Waals surface area contributed by atoms with Crippen LogP contribution in [0.2, 0.25) is 0 Å². The van der Waals surface area contributed by atoms with Gasteiger partial charge in [-0.25, -0.2) is 0 Å². The Morgan fingerprint density at radius 2 is 2.00 bits per heavy atom. The van der Waals surface area contributed by atoms with E-state index < -0.39 is 6.10 Å². The maximum absolute atomic E-state index is 10.1. The summed E-state index contributed by atoms with van der Waals surface area (Å²) in [7, 11) is 0. The van der Waals surface area contributed by atoms with Crippen LogP contribution in [0.3, 0.4) is 0 Å². The van der Waals surface area contributed by atoms with Gasteiger partial charge in [0.25, 0.3) is 0 Å². The van der Waals surface area contributed by atoms with Gasteiger partial charge in [-0.15, -0.1) is 0 Å². The maximum Gasteiger partial charge on any atom is 0.107 e. The van der Waals surface area contributed by atoms with E-state index in [4.69, 9.17) is 4.42 Å². The minimum absolute atomic E-state index is 0.593. The van der Waals surface area contributed by atoms with Gasteiger partial charge in [-0.2, -0.15) is 0 Å². The standard InChI is InChI=1S/C13H14O2/c1-9-3-4-12(10(2)7-9)13(14)11-5-6-15-8-11/h3-8,13-14H,1-2H3/t13-/m1/s1. The van der Waals surface area contributed by atoms with E-state index >= 15 is 0 Å². The number of rotatable bonds is 2. The van der Waals surface area contributed by atoms with Crippen LogP contribution < -0.4 is 0 Å². The number of benzene rings is 1. The lowest BCUT2D eigenvalue weighted by atomic mass is 9.98. The highest BCUT2D eigenvalue weighted by Gasteiger charge is 2.13. The Hall–Kier alpha value is -1.54. The molecule has 1 N–H and O–H groups in total. The summed E-state index contributed by atoms with van der Waals surface area (Å²) in [5.41, 5.74) is 4.03. The largest absolute Gasteiger partial charge is 0.472 e. The molecule has 2 aromatic rings. The third-order valence-corrected chi connectivity index (χ3v) is 2.58. The van der Waals surface area contributed by atoms with E-state index in [9.17, 15) is 5.11 Å². The van der Waals surface area contributed by atoms with Crippen molar-refractivity contribution >= 4 is 0 Å². The van der Waals surface area contributed by atoms with Gasteiger partial charge in [-0.3, -0.25) is 0 Å². The topological polar surface area (TPSA) is 33.4 Å². The molecule has 0 fully saturated rings. The van der Waals surface area contributed by atoms with Crippen molar-refractivity contribution in [2.24, 2.45) is 0 Å². The molecule has 15 heavy (non-hydrogen) atoms. The lowest BCUT2D eigenvalue weighted by Gasteiger charge is -2.12. The fourth-order valence-electron chi connectivity index (χ4n) is 1.74. The van der Waals surface area contributed by atoms with Gasteiger partial charge >= 0.3 is 0 Å². The van der Waals surface area contributed by atoms with Gasteiger partial charge in [0.15, 0.2) is 0 Å². The molecule has 0 radical (unpaired) electrons. The van der Waals surface area contributed by atoms with E-state index in [0.717, 1.165) is 16.7 Å². The number of hydrogen-bond acceptors (Lipinski definition) is 2. The Morgan fingerprint density at radius 1 is 1.20 bits per heavy atom. The van der Waals surface area contributed by atoms with Gasteiger partial charge in [-0.05, 0) is 31.0 Å². The van der Waals surface area contributed by atoms with Crippen LogP contribution in [-0.4, -0.2) is 5.11 Å². The zero-order valence-corrected chi connectivity index (χ0v) is 8.90. The van der Waals surface area contributed by atoms with E-state index in [1.54, 1.807) is 18.6 Å². The Bertz CT molecular complexity index is 444. The molecule has 78 valence electrons. The predicted octanol–water partition coefficient (Wildman–Crippen LogP) is 2.98. The molecule has 0 saturated carbocycles. The van der Waals surface area contributed by atoms with Crippen molar-refractivity contribution in [3.05, 3.63) is 59.0 Å². The van der Waals surface area contributed by atoms with E-state index in [2.05, 4.69) is 6.07 Å². The van der Waals surface area contributed by atoms with Crippen LogP contribution in [0.25, 0.3) is 0 Å². The second-order valence-corrected chi connectivity index (χ2v) is 3.82. The number of aliphatic hydroxyl groups excluding tert-OH is 1. The van der Waals surface area contributed by atoms with E-state index in [1.165, 1.54) is 5.56 Å². The van der Waals surface area contributed by atoms with Crippen LogP contribution in [0, 0.1) is 13.8 Å². The molecule has 2 nitrogen and oxygen atoms in total. The first kappa shape index (κ1) is 9.99. The summed E-state index contributed by atoms with van der Waals surface area (Å²) in [5, 5.41) is 10.1.